The Balaban J connectivity index is 1.04. The zero-order valence-electron chi connectivity index (χ0n) is 26.0. The van der Waals surface area contributed by atoms with Crippen LogP contribution in [-0.4, -0.2) is 40.1 Å². The Morgan fingerprint density at radius 1 is 0.667 bits per heavy atom. The van der Waals surface area contributed by atoms with Gasteiger partial charge >= 0.3 is 5.97 Å². The van der Waals surface area contributed by atoms with E-state index in [4.69, 9.17) is 4.42 Å². The van der Waals surface area contributed by atoms with E-state index in [1.165, 1.54) is 5.56 Å². The highest BCUT2D eigenvalue weighted by Crippen LogP contribution is 2.37. The number of para-hydroxylation sites is 1. The number of furan rings is 1. The molecule has 1 aliphatic heterocycles. The first kappa shape index (κ1) is 30.6. The van der Waals surface area contributed by atoms with E-state index in [1.807, 2.05) is 60.7 Å². The molecule has 2 amide bonds. The van der Waals surface area contributed by atoms with Crippen molar-refractivity contribution in [3.63, 3.8) is 0 Å². The number of imide groups is 1. The third kappa shape index (κ3) is 5.94. The smallest absolute Gasteiger partial charge is 0.307 e. The summed E-state index contributed by atoms with van der Waals surface area (Å²) in [6.07, 6.45) is 0.417. The van der Waals surface area contributed by atoms with Crippen LogP contribution in [0, 0.1) is 5.92 Å². The number of carboxylic acid groups (broad SMARTS) is 1. The van der Waals surface area contributed by atoms with E-state index in [2.05, 4.69) is 30.3 Å². The minimum atomic E-state index is -1.14. The fourth-order valence-electron chi connectivity index (χ4n) is 6.38. The van der Waals surface area contributed by atoms with Crippen molar-refractivity contribution in [3.8, 4) is 22.3 Å². The molecule has 5 aromatic carbocycles. The number of carbonyl (C=O) groups excluding carboxylic acids is 3. The predicted octanol–water partition coefficient (Wildman–Crippen LogP) is 8.32. The fraction of sp³-hybridized carbons (Fsp3) is 0.122. The molecule has 1 aromatic heterocycles. The van der Waals surface area contributed by atoms with E-state index in [9.17, 15) is 24.3 Å². The van der Waals surface area contributed by atoms with Gasteiger partial charge in [0, 0.05) is 35.9 Å². The summed E-state index contributed by atoms with van der Waals surface area (Å²) in [6.45, 7) is -0.0755. The van der Waals surface area contributed by atoms with Gasteiger partial charge in [-0.1, -0.05) is 109 Å². The molecule has 0 fully saturated rings. The Labute approximate surface area is 277 Å². The number of hydrogen-bond donors (Lipinski definition) is 1. The third-order valence-corrected chi connectivity index (χ3v) is 8.95. The number of carboxylic acids is 1. The van der Waals surface area contributed by atoms with E-state index in [1.54, 1.807) is 36.4 Å². The molecule has 0 spiro atoms. The standard InChI is InChI=1S/C41H31NO6/c43-35(25-31(41(46)47)22-23-42-39(44)32-10-4-5-11-33(32)40(42)45)29-18-14-27(15-19-29)28-16-20-30(21-17-28)38-34-12-6-7-13-36(34)48-37(38)24-26-8-2-1-3-9-26/h1-21,31H,22-25H2,(H,46,47). The number of ketones is 1. The number of fused-ring (bicyclic) bond motifs is 2. The van der Waals surface area contributed by atoms with Crippen molar-refractivity contribution in [1.82, 2.24) is 4.90 Å². The predicted molar refractivity (Wildman–Crippen MR) is 183 cm³/mol. The Hall–Kier alpha value is -6.08. The fourth-order valence-corrected chi connectivity index (χ4v) is 6.38. The maximum absolute atomic E-state index is 13.1. The molecule has 236 valence electrons. The lowest BCUT2D eigenvalue weighted by Crippen LogP contribution is -2.33. The molecule has 0 saturated carbocycles. The van der Waals surface area contributed by atoms with Crippen molar-refractivity contribution < 1.29 is 28.7 Å². The van der Waals surface area contributed by atoms with Crippen LogP contribution in [0.25, 0.3) is 33.2 Å². The summed E-state index contributed by atoms with van der Waals surface area (Å²) >= 11 is 0. The lowest BCUT2D eigenvalue weighted by atomic mass is 9.93. The second-order valence-electron chi connectivity index (χ2n) is 12.0. The molecule has 0 bridgehead atoms. The highest BCUT2D eigenvalue weighted by atomic mass is 16.4. The molecule has 7 heteroatoms. The first-order valence-electron chi connectivity index (χ1n) is 15.8. The summed E-state index contributed by atoms with van der Waals surface area (Å²) in [5, 5.41) is 10.9. The number of hydrogen-bond acceptors (Lipinski definition) is 5. The van der Waals surface area contributed by atoms with Gasteiger partial charge in [0.15, 0.2) is 5.78 Å². The minimum Gasteiger partial charge on any atom is -0.481 e. The van der Waals surface area contributed by atoms with Gasteiger partial charge in [-0.15, -0.1) is 0 Å². The molecule has 1 aliphatic rings. The molecular formula is C41H31NO6. The van der Waals surface area contributed by atoms with Gasteiger partial charge in [0.05, 0.1) is 17.0 Å². The van der Waals surface area contributed by atoms with Crippen LogP contribution >= 0.6 is 0 Å². The Kier molecular flexibility index (Phi) is 8.26. The normalized spacial score (nSPS) is 13.1. The van der Waals surface area contributed by atoms with Gasteiger partial charge in [-0.05, 0) is 46.9 Å². The number of carbonyl (C=O) groups is 4. The lowest BCUT2D eigenvalue weighted by molar-refractivity contribution is -0.142. The summed E-state index contributed by atoms with van der Waals surface area (Å²) < 4.78 is 6.31. The molecule has 1 atom stereocenters. The zero-order valence-corrected chi connectivity index (χ0v) is 26.0. The Morgan fingerprint density at radius 3 is 1.88 bits per heavy atom. The van der Waals surface area contributed by atoms with Crippen LogP contribution in [0.2, 0.25) is 0 Å². The van der Waals surface area contributed by atoms with E-state index >= 15 is 0 Å². The molecule has 6 aromatic rings. The Bertz CT molecular complexity index is 2130. The highest BCUT2D eigenvalue weighted by molar-refractivity contribution is 6.21. The van der Waals surface area contributed by atoms with Gasteiger partial charge in [-0.2, -0.15) is 0 Å². The van der Waals surface area contributed by atoms with Gasteiger partial charge < -0.3 is 9.52 Å². The molecule has 0 aliphatic carbocycles. The van der Waals surface area contributed by atoms with Crippen LogP contribution < -0.4 is 0 Å². The summed E-state index contributed by atoms with van der Waals surface area (Å²) in [4.78, 5) is 51.6. The lowest BCUT2D eigenvalue weighted by Gasteiger charge is -2.17. The monoisotopic (exact) mass is 633 g/mol. The van der Waals surface area contributed by atoms with Crippen LogP contribution in [0.15, 0.2) is 132 Å². The largest absolute Gasteiger partial charge is 0.481 e. The highest BCUT2D eigenvalue weighted by Gasteiger charge is 2.36. The summed E-state index contributed by atoms with van der Waals surface area (Å²) in [5.41, 5.74) is 7.03. The van der Waals surface area contributed by atoms with Crippen LogP contribution in [-0.2, 0) is 11.2 Å². The average molecular weight is 634 g/mol. The van der Waals surface area contributed by atoms with Crippen LogP contribution in [0.4, 0.5) is 0 Å². The third-order valence-electron chi connectivity index (χ3n) is 8.95. The molecule has 0 radical (unpaired) electrons. The van der Waals surface area contributed by atoms with Crippen LogP contribution in [0.5, 0.6) is 0 Å². The molecule has 7 rings (SSSR count). The molecule has 7 nitrogen and oxygen atoms in total. The van der Waals surface area contributed by atoms with E-state index in [-0.39, 0.29) is 25.2 Å². The molecular weight excluding hydrogens is 602 g/mol. The van der Waals surface area contributed by atoms with Crippen molar-refractivity contribution in [2.24, 2.45) is 5.92 Å². The second kappa shape index (κ2) is 13.0. The topological polar surface area (TPSA) is 105 Å². The first-order valence-corrected chi connectivity index (χ1v) is 15.8. The van der Waals surface area contributed by atoms with E-state index in [0.29, 0.717) is 23.1 Å². The molecule has 48 heavy (non-hydrogen) atoms. The molecule has 0 saturated heterocycles. The number of Topliss-reactive ketones (excluding diaryl/α,β-unsaturated/α-hetero) is 1. The molecule has 1 unspecified atom stereocenters. The van der Waals surface area contributed by atoms with Gasteiger partial charge in [0.1, 0.15) is 11.3 Å². The van der Waals surface area contributed by atoms with Crippen molar-refractivity contribution >= 4 is 34.5 Å². The number of amides is 2. The summed E-state index contributed by atoms with van der Waals surface area (Å²) in [5.74, 6) is -2.49. The number of benzene rings is 5. The first-order chi connectivity index (χ1) is 23.4. The maximum Gasteiger partial charge on any atom is 0.307 e. The zero-order chi connectivity index (χ0) is 33.2. The quantitative estimate of drug-likeness (QED) is 0.114. The van der Waals surface area contributed by atoms with Gasteiger partial charge in [0.25, 0.3) is 11.8 Å². The van der Waals surface area contributed by atoms with Gasteiger partial charge in [0.2, 0.25) is 0 Å². The van der Waals surface area contributed by atoms with Gasteiger partial charge in [-0.25, -0.2) is 0 Å². The molecule has 1 N–H and O–H groups in total. The van der Waals surface area contributed by atoms with Crippen molar-refractivity contribution in [3.05, 3.63) is 155 Å². The SMILES string of the molecule is O=C(CC(CCN1C(=O)c2ccccc2C1=O)C(=O)O)c1ccc(-c2ccc(-c3c(Cc4ccccc4)oc4ccccc34)cc2)cc1. The van der Waals surface area contributed by atoms with Crippen molar-refractivity contribution in [1.29, 1.82) is 0 Å². The van der Waals surface area contributed by atoms with Crippen LogP contribution in [0.1, 0.15) is 55.2 Å². The Morgan fingerprint density at radius 2 is 1.23 bits per heavy atom. The van der Waals surface area contributed by atoms with Crippen LogP contribution in [0.3, 0.4) is 0 Å². The number of nitrogens with zero attached hydrogens (tertiary/aromatic N) is 1. The maximum atomic E-state index is 13.1. The van der Waals surface area contributed by atoms with Gasteiger partial charge in [-0.3, -0.25) is 24.1 Å². The minimum absolute atomic E-state index is 0.0179. The van der Waals surface area contributed by atoms with Crippen molar-refractivity contribution in [2.45, 2.75) is 19.3 Å². The second-order valence-corrected chi connectivity index (χ2v) is 12.0. The molecule has 2 heterocycles. The summed E-state index contributed by atoms with van der Waals surface area (Å²) in [6, 6.07) is 40.1. The van der Waals surface area contributed by atoms with E-state index in [0.717, 1.165) is 43.9 Å². The van der Waals surface area contributed by atoms with E-state index < -0.39 is 23.7 Å². The summed E-state index contributed by atoms with van der Waals surface area (Å²) in [7, 11) is 0. The van der Waals surface area contributed by atoms with Crippen molar-refractivity contribution in [2.75, 3.05) is 6.54 Å². The number of aliphatic carboxylic acids is 1. The number of rotatable bonds is 11. The average Bonchev–Trinajstić information content (AvgIpc) is 3.60.